The first-order valence-electron chi connectivity index (χ1n) is 5.15. The van der Waals surface area contributed by atoms with Gasteiger partial charge in [-0.15, -0.1) is 0 Å². The van der Waals surface area contributed by atoms with Crippen molar-refractivity contribution < 1.29 is 5.11 Å². The van der Waals surface area contributed by atoms with Crippen molar-refractivity contribution in [2.45, 2.75) is 31.7 Å². The van der Waals surface area contributed by atoms with Gasteiger partial charge in [0.2, 0.25) is 0 Å². The van der Waals surface area contributed by atoms with Crippen LogP contribution in [0.5, 0.6) is 0 Å². The van der Waals surface area contributed by atoms with Crippen LogP contribution in [0.2, 0.25) is 0 Å². The average Bonchev–Trinajstić information content (AvgIpc) is 2.56. The van der Waals surface area contributed by atoms with Crippen molar-refractivity contribution >= 4 is 0 Å². The smallest absolute Gasteiger partial charge is 0.128 e. The maximum Gasteiger partial charge on any atom is 0.128 e. The molecule has 4 heteroatoms. The SMILES string of the molecule is Cn1c(C(N)CO)nc2c1CCCC2. The molecule has 1 unspecified atom stereocenters. The number of aryl methyl sites for hydroxylation is 1. The van der Waals surface area contributed by atoms with Crippen LogP contribution in [-0.4, -0.2) is 21.3 Å². The quantitative estimate of drug-likeness (QED) is 0.713. The molecule has 1 aromatic heterocycles. The Balaban J connectivity index is 2.38. The molecule has 4 nitrogen and oxygen atoms in total. The van der Waals surface area contributed by atoms with Crippen LogP contribution in [0, 0.1) is 0 Å². The van der Waals surface area contributed by atoms with Crippen molar-refractivity contribution in [2.24, 2.45) is 12.8 Å². The lowest BCUT2D eigenvalue weighted by Crippen LogP contribution is -2.19. The maximum absolute atomic E-state index is 9.00. The Hall–Kier alpha value is -0.870. The van der Waals surface area contributed by atoms with Crippen LogP contribution in [0.25, 0.3) is 0 Å². The van der Waals surface area contributed by atoms with Crippen molar-refractivity contribution in [2.75, 3.05) is 6.61 Å². The summed E-state index contributed by atoms with van der Waals surface area (Å²) in [6.45, 7) is -0.0380. The molecule has 0 saturated heterocycles. The monoisotopic (exact) mass is 195 g/mol. The van der Waals surface area contributed by atoms with E-state index in [0.717, 1.165) is 18.7 Å². The van der Waals surface area contributed by atoms with E-state index in [1.165, 1.54) is 24.2 Å². The van der Waals surface area contributed by atoms with Crippen molar-refractivity contribution in [3.05, 3.63) is 17.2 Å². The van der Waals surface area contributed by atoms with Crippen LogP contribution >= 0.6 is 0 Å². The topological polar surface area (TPSA) is 64.1 Å². The number of hydrogen-bond donors (Lipinski definition) is 2. The first-order chi connectivity index (χ1) is 6.74. The van der Waals surface area contributed by atoms with Gasteiger partial charge in [-0.25, -0.2) is 4.98 Å². The number of imidazole rings is 1. The van der Waals surface area contributed by atoms with Gasteiger partial charge in [0.25, 0.3) is 0 Å². The average molecular weight is 195 g/mol. The highest BCUT2D eigenvalue weighted by atomic mass is 16.3. The van der Waals surface area contributed by atoms with E-state index in [2.05, 4.69) is 9.55 Å². The molecule has 0 saturated carbocycles. The lowest BCUT2D eigenvalue weighted by molar-refractivity contribution is 0.261. The molecular weight excluding hydrogens is 178 g/mol. The van der Waals surface area contributed by atoms with Gasteiger partial charge in [0.1, 0.15) is 5.82 Å². The minimum Gasteiger partial charge on any atom is -0.394 e. The van der Waals surface area contributed by atoms with Crippen molar-refractivity contribution in [1.29, 1.82) is 0 Å². The van der Waals surface area contributed by atoms with Crippen LogP contribution in [0.15, 0.2) is 0 Å². The molecular formula is C10H17N3O. The molecule has 14 heavy (non-hydrogen) atoms. The zero-order valence-corrected chi connectivity index (χ0v) is 8.53. The fourth-order valence-corrected chi connectivity index (χ4v) is 2.12. The summed E-state index contributed by atoms with van der Waals surface area (Å²) in [7, 11) is 1.99. The predicted molar refractivity (Wildman–Crippen MR) is 53.9 cm³/mol. The van der Waals surface area contributed by atoms with Crippen molar-refractivity contribution in [1.82, 2.24) is 9.55 Å². The van der Waals surface area contributed by atoms with Crippen LogP contribution in [0.1, 0.15) is 36.1 Å². The van der Waals surface area contributed by atoms with E-state index in [1.54, 1.807) is 0 Å². The zero-order chi connectivity index (χ0) is 10.1. The van der Waals surface area contributed by atoms with E-state index in [9.17, 15) is 0 Å². The summed E-state index contributed by atoms with van der Waals surface area (Å²) in [6, 6.07) is -0.342. The second-order valence-corrected chi connectivity index (χ2v) is 3.92. The molecule has 2 rings (SSSR count). The van der Waals surface area contributed by atoms with Crippen LogP contribution in [0.4, 0.5) is 0 Å². The Morgan fingerprint density at radius 2 is 2.21 bits per heavy atom. The zero-order valence-electron chi connectivity index (χ0n) is 8.53. The second-order valence-electron chi connectivity index (χ2n) is 3.92. The van der Waals surface area contributed by atoms with E-state index in [1.807, 2.05) is 7.05 Å². The molecule has 1 aromatic rings. The van der Waals surface area contributed by atoms with E-state index in [0.29, 0.717) is 0 Å². The number of hydrogen-bond acceptors (Lipinski definition) is 3. The second kappa shape index (κ2) is 3.71. The Kier molecular flexibility index (Phi) is 2.56. The Morgan fingerprint density at radius 3 is 2.86 bits per heavy atom. The number of fused-ring (bicyclic) bond motifs is 1. The van der Waals surface area contributed by atoms with Crippen molar-refractivity contribution in [3.63, 3.8) is 0 Å². The highest BCUT2D eigenvalue weighted by Gasteiger charge is 2.20. The lowest BCUT2D eigenvalue weighted by atomic mass is 10.0. The molecule has 0 aromatic carbocycles. The third kappa shape index (κ3) is 1.44. The summed E-state index contributed by atoms with van der Waals surface area (Å²) < 4.78 is 2.05. The molecule has 1 aliphatic rings. The molecule has 1 heterocycles. The van der Waals surface area contributed by atoms with Gasteiger partial charge >= 0.3 is 0 Å². The number of rotatable bonds is 2. The Morgan fingerprint density at radius 1 is 1.50 bits per heavy atom. The summed E-state index contributed by atoms with van der Waals surface area (Å²) in [5.41, 5.74) is 8.25. The van der Waals surface area contributed by atoms with Gasteiger partial charge in [-0.2, -0.15) is 0 Å². The summed E-state index contributed by atoms with van der Waals surface area (Å²) in [6.07, 6.45) is 4.61. The maximum atomic E-state index is 9.00. The molecule has 78 valence electrons. The minimum atomic E-state index is -0.342. The molecule has 0 amide bonds. The Labute approximate surface area is 83.8 Å². The number of nitrogens with zero attached hydrogens (tertiary/aromatic N) is 2. The third-order valence-electron chi connectivity index (χ3n) is 2.94. The van der Waals surface area contributed by atoms with Crippen LogP contribution in [-0.2, 0) is 19.9 Å². The number of aromatic nitrogens is 2. The standard InChI is InChI=1S/C10H17N3O/c1-13-9-5-3-2-4-8(9)12-10(13)7(11)6-14/h7,14H,2-6,11H2,1H3. The van der Waals surface area contributed by atoms with Gasteiger partial charge in [-0.05, 0) is 25.7 Å². The fraction of sp³-hybridized carbons (Fsp3) is 0.700. The molecule has 3 N–H and O–H groups in total. The Bertz CT molecular complexity index is 332. The molecule has 0 bridgehead atoms. The summed E-state index contributed by atoms with van der Waals surface area (Å²) >= 11 is 0. The van der Waals surface area contributed by atoms with Crippen molar-refractivity contribution in [3.8, 4) is 0 Å². The normalized spacial score (nSPS) is 17.9. The summed E-state index contributed by atoms with van der Waals surface area (Å²) in [5, 5.41) is 9.00. The molecule has 0 radical (unpaired) electrons. The highest BCUT2D eigenvalue weighted by Crippen LogP contribution is 2.23. The summed E-state index contributed by atoms with van der Waals surface area (Å²) in [4.78, 5) is 4.50. The third-order valence-corrected chi connectivity index (χ3v) is 2.94. The van der Waals surface area contributed by atoms with Crippen LogP contribution in [0.3, 0.4) is 0 Å². The first-order valence-corrected chi connectivity index (χ1v) is 5.15. The number of nitrogens with two attached hydrogens (primary N) is 1. The first kappa shape index (κ1) is 9.68. The predicted octanol–water partition coefficient (Wildman–Crippen LogP) is 0.291. The van der Waals surface area contributed by atoms with Gasteiger partial charge in [0.05, 0.1) is 18.3 Å². The van der Waals surface area contributed by atoms with E-state index in [4.69, 9.17) is 10.8 Å². The van der Waals surface area contributed by atoms with E-state index < -0.39 is 0 Å². The van der Waals surface area contributed by atoms with Gasteiger partial charge in [0, 0.05) is 12.7 Å². The van der Waals surface area contributed by atoms with E-state index >= 15 is 0 Å². The summed E-state index contributed by atoms with van der Waals surface area (Å²) in [5.74, 6) is 0.819. The minimum absolute atomic E-state index is 0.0380. The van der Waals surface area contributed by atoms with Gasteiger partial charge in [0.15, 0.2) is 0 Å². The number of aliphatic hydroxyl groups excluding tert-OH is 1. The molecule has 1 aliphatic carbocycles. The molecule has 0 fully saturated rings. The van der Waals surface area contributed by atoms with Crippen LogP contribution < -0.4 is 5.73 Å². The molecule has 1 atom stereocenters. The molecule has 0 spiro atoms. The van der Waals surface area contributed by atoms with Gasteiger partial charge in [-0.3, -0.25) is 0 Å². The van der Waals surface area contributed by atoms with E-state index in [-0.39, 0.29) is 12.6 Å². The highest BCUT2D eigenvalue weighted by molar-refractivity contribution is 5.21. The number of aliphatic hydroxyl groups is 1. The largest absolute Gasteiger partial charge is 0.394 e. The lowest BCUT2D eigenvalue weighted by Gasteiger charge is -2.12. The fourth-order valence-electron chi connectivity index (χ4n) is 2.12. The molecule has 0 aliphatic heterocycles. The van der Waals surface area contributed by atoms with Gasteiger partial charge in [-0.1, -0.05) is 0 Å². The van der Waals surface area contributed by atoms with Gasteiger partial charge < -0.3 is 15.4 Å².